The number of rotatable bonds is 4. The molecule has 1 heterocycles. The second-order valence-electron chi connectivity index (χ2n) is 3.18. The Morgan fingerprint density at radius 2 is 2.33 bits per heavy atom. The van der Waals surface area contributed by atoms with Gasteiger partial charge in [0.15, 0.2) is 5.03 Å². The van der Waals surface area contributed by atoms with Gasteiger partial charge in [0.1, 0.15) is 0 Å². The molecule has 6 nitrogen and oxygen atoms in total. The Balaban J connectivity index is 3.07. The van der Waals surface area contributed by atoms with Crippen LogP contribution in [0.15, 0.2) is 11.2 Å². The lowest BCUT2D eigenvalue weighted by atomic mass is 10.4. The molecular weight excluding hydrogens is 240 g/mol. The predicted molar refractivity (Wildman–Crippen MR) is 57.1 cm³/mol. The molecule has 8 heteroatoms. The molecule has 0 aromatic carbocycles. The molecule has 0 fully saturated rings. The van der Waals surface area contributed by atoms with Gasteiger partial charge in [0.25, 0.3) is 10.0 Å². The van der Waals surface area contributed by atoms with E-state index in [1.807, 2.05) is 0 Å². The molecule has 0 aliphatic heterocycles. The zero-order valence-corrected chi connectivity index (χ0v) is 10.0. The Hall–Kier alpha value is -0.630. The van der Waals surface area contributed by atoms with E-state index in [1.54, 1.807) is 6.92 Å². The van der Waals surface area contributed by atoms with E-state index in [0.717, 1.165) is 0 Å². The third-order valence-electron chi connectivity index (χ3n) is 1.81. The van der Waals surface area contributed by atoms with Crippen molar-refractivity contribution in [3.8, 4) is 0 Å². The van der Waals surface area contributed by atoms with Crippen LogP contribution < -0.4 is 10.5 Å². The van der Waals surface area contributed by atoms with Crippen LogP contribution in [0.1, 0.15) is 6.92 Å². The SMILES string of the molecule is C[C@@H](CN)NS(=O)(=O)c1c(Cl)cnn1C. The quantitative estimate of drug-likeness (QED) is 0.770. The summed E-state index contributed by atoms with van der Waals surface area (Å²) in [5.41, 5.74) is 5.33. The van der Waals surface area contributed by atoms with E-state index < -0.39 is 10.0 Å². The Kier molecular flexibility index (Phi) is 3.72. The van der Waals surface area contributed by atoms with Gasteiger partial charge in [-0.2, -0.15) is 5.10 Å². The number of hydrogen-bond donors (Lipinski definition) is 2. The van der Waals surface area contributed by atoms with Crippen LogP contribution in [0, 0.1) is 0 Å². The first kappa shape index (κ1) is 12.4. The summed E-state index contributed by atoms with van der Waals surface area (Å²) < 4.78 is 27.2. The van der Waals surface area contributed by atoms with Crippen molar-refractivity contribution in [1.29, 1.82) is 0 Å². The smallest absolute Gasteiger partial charge is 0.259 e. The van der Waals surface area contributed by atoms with Gasteiger partial charge in [-0.05, 0) is 6.92 Å². The van der Waals surface area contributed by atoms with Gasteiger partial charge >= 0.3 is 0 Å². The van der Waals surface area contributed by atoms with Crippen molar-refractivity contribution in [3.05, 3.63) is 11.2 Å². The van der Waals surface area contributed by atoms with Crippen LogP contribution in [-0.2, 0) is 17.1 Å². The molecule has 0 saturated carbocycles. The fraction of sp³-hybridized carbons (Fsp3) is 0.571. The predicted octanol–water partition coefficient (Wildman–Crippen LogP) is -0.301. The number of nitrogens with one attached hydrogen (secondary N) is 1. The molecule has 1 aromatic heterocycles. The highest BCUT2D eigenvalue weighted by molar-refractivity contribution is 7.89. The lowest BCUT2D eigenvalue weighted by molar-refractivity contribution is 0.547. The third-order valence-corrected chi connectivity index (χ3v) is 3.90. The van der Waals surface area contributed by atoms with Crippen molar-refractivity contribution in [2.24, 2.45) is 12.8 Å². The van der Waals surface area contributed by atoms with Crippen molar-refractivity contribution in [3.63, 3.8) is 0 Å². The van der Waals surface area contributed by atoms with E-state index in [9.17, 15) is 8.42 Å². The fourth-order valence-corrected chi connectivity index (χ4v) is 2.98. The van der Waals surface area contributed by atoms with E-state index in [0.29, 0.717) is 0 Å². The first-order valence-electron chi connectivity index (χ1n) is 4.28. The maximum Gasteiger partial charge on any atom is 0.259 e. The van der Waals surface area contributed by atoms with E-state index in [4.69, 9.17) is 17.3 Å². The largest absolute Gasteiger partial charge is 0.329 e. The van der Waals surface area contributed by atoms with Crippen molar-refractivity contribution in [1.82, 2.24) is 14.5 Å². The lowest BCUT2D eigenvalue weighted by Crippen LogP contribution is -2.38. The first-order chi connectivity index (χ1) is 6.88. The number of sulfonamides is 1. The van der Waals surface area contributed by atoms with Gasteiger partial charge < -0.3 is 5.73 Å². The Morgan fingerprint density at radius 1 is 1.73 bits per heavy atom. The summed E-state index contributed by atoms with van der Waals surface area (Å²) >= 11 is 5.72. The molecule has 15 heavy (non-hydrogen) atoms. The van der Waals surface area contributed by atoms with Crippen LogP contribution in [0.3, 0.4) is 0 Å². The maximum absolute atomic E-state index is 11.8. The van der Waals surface area contributed by atoms with Crippen molar-refractivity contribution < 1.29 is 8.42 Å². The van der Waals surface area contributed by atoms with E-state index in [1.165, 1.54) is 17.9 Å². The third kappa shape index (κ3) is 2.69. The average Bonchev–Trinajstić information content (AvgIpc) is 2.45. The summed E-state index contributed by atoms with van der Waals surface area (Å²) in [4.78, 5) is 0. The molecular formula is C7H13ClN4O2S. The van der Waals surface area contributed by atoms with E-state index in [2.05, 4.69) is 9.82 Å². The average molecular weight is 253 g/mol. The van der Waals surface area contributed by atoms with Crippen LogP contribution in [0.5, 0.6) is 0 Å². The van der Waals surface area contributed by atoms with E-state index in [-0.39, 0.29) is 22.6 Å². The first-order valence-corrected chi connectivity index (χ1v) is 6.14. The Morgan fingerprint density at radius 3 is 2.73 bits per heavy atom. The summed E-state index contributed by atoms with van der Waals surface area (Å²) in [5.74, 6) is 0. The molecule has 0 unspecified atom stereocenters. The fourth-order valence-electron chi connectivity index (χ4n) is 1.07. The van der Waals surface area contributed by atoms with Crippen LogP contribution in [0.2, 0.25) is 5.02 Å². The highest BCUT2D eigenvalue weighted by Gasteiger charge is 2.23. The number of aromatic nitrogens is 2. The molecule has 1 rings (SSSR count). The van der Waals surface area contributed by atoms with E-state index >= 15 is 0 Å². The minimum absolute atomic E-state index is 0.0514. The molecule has 86 valence electrons. The molecule has 0 saturated heterocycles. The molecule has 0 radical (unpaired) electrons. The van der Waals surface area contributed by atoms with Crippen molar-refractivity contribution >= 4 is 21.6 Å². The standard InChI is InChI=1S/C7H13ClN4O2S/c1-5(3-9)11-15(13,14)7-6(8)4-10-12(7)2/h4-5,11H,3,9H2,1-2H3/t5-/m0/s1. The summed E-state index contributed by atoms with van der Waals surface area (Å²) in [5, 5.41) is 3.79. The summed E-state index contributed by atoms with van der Waals surface area (Å²) in [6.07, 6.45) is 1.28. The Bertz CT molecular complexity index is 422. The van der Waals surface area contributed by atoms with Gasteiger partial charge in [0, 0.05) is 19.6 Å². The molecule has 1 atom stereocenters. The van der Waals surface area contributed by atoms with Crippen LogP contribution in [0.25, 0.3) is 0 Å². The molecule has 0 aliphatic carbocycles. The number of nitrogens with zero attached hydrogens (tertiary/aromatic N) is 2. The van der Waals surface area contributed by atoms with Gasteiger partial charge in [-0.25, -0.2) is 13.1 Å². The summed E-state index contributed by atoms with van der Waals surface area (Å²) in [6, 6.07) is -0.346. The molecule has 0 amide bonds. The minimum atomic E-state index is -3.65. The van der Waals surface area contributed by atoms with Gasteiger partial charge in [-0.15, -0.1) is 0 Å². The molecule has 0 aliphatic rings. The minimum Gasteiger partial charge on any atom is -0.329 e. The maximum atomic E-state index is 11.8. The van der Waals surface area contributed by atoms with Crippen molar-refractivity contribution in [2.45, 2.75) is 18.0 Å². The molecule has 0 spiro atoms. The van der Waals surface area contributed by atoms with Crippen LogP contribution in [0.4, 0.5) is 0 Å². The summed E-state index contributed by atoms with van der Waals surface area (Å²) in [6.45, 7) is 1.89. The second-order valence-corrected chi connectivity index (χ2v) is 5.22. The normalized spacial score (nSPS) is 14.1. The van der Waals surface area contributed by atoms with Gasteiger partial charge in [-0.1, -0.05) is 11.6 Å². The van der Waals surface area contributed by atoms with Crippen LogP contribution in [-0.4, -0.2) is 30.8 Å². The summed E-state index contributed by atoms with van der Waals surface area (Å²) in [7, 11) is -2.14. The second kappa shape index (κ2) is 4.48. The molecule has 0 bridgehead atoms. The van der Waals surface area contributed by atoms with Crippen molar-refractivity contribution in [2.75, 3.05) is 6.54 Å². The Labute approximate surface area is 93.5 Å². The van der Waals surface area contributed by atoms with Gasteiger partial charge in [-0.3, -0.25) is 4.68 Å². The highest BCUT2D eigenvalue weighted by Crippen LogP contribution is 2.19. The van der Waals surface area contributed by atoms with Crippen LogP contribution >= 0.6 is 11.6 Å². The number of halogens is 1. The number of nitrogens with two attached hydrogens (primary N) is 1. The highest BCUT2D eigenvalue weighted by atomic mass is 35.5. The van der Waals surface area contributed by atoms with Gasteiger partial charge in [0.2, 0.25) is 0 Å². The topological polar surface area (TPSA) is 90.0 Å². The number of aryl methyl sites for hydroxylation is 1. The molecule has 1 aromatic rings. The lowest BCUT2D eigenvalue weighted by Gasteiger charge is -2.12. The monoisotopic (exact) mass is 252 g/mol. The van der Waals surface area contributed by atoms with Gasteiger partial charge in [0.05, 0.1) is 11.2 Å². The molecule has 3 N–H and O–H groups in total. The zero-order valence-electron chi connectivity index (χ0n) is 8.44. The number of hydrogen-bond acceptors (Lipinski definition) is 4. The zero-order chi connectivity index (χ0) is 11.6.